The average molecular weight is 363 g/mol. The largest absolute Gasteiger partial charge is 0.372 e. The first kappa shape index (κ1) is 18.7. The Morgan fingerprint density at radius 3 is 2.41 bits per heavy atom. The Kier molecular flexibility index (Phi) is 5.31. The van der Waals surface area contributed by atoms with Crippen LogP contribution in [0.4, 0.5) is 11.4 Å². The number of para-hydroxylation sites is 1. The molecule has 3 rings (SSSR count). The van der Waals surface area contributed by atoms with Crippen molar-refractivity contribution in [1.29, 1.82) is 0 Å². The van der Waals surface area contributed by atoms with Crippen molar-refractivity contribution in [2.45, 2.75) is 27.7 Å². The number of aryl methyl sites for hydroxylation is 2. The van der Waals surface area contributed by atoms with Crippen LogP contribution in [0.3, 0.4) is 0 Å². The lowest BCUT2D eigenvalue weighted by atomic mass is 10.1. The molecule has 0 aliphatic heterocycles. The van der Waals surface area contributed by atoms with Crippen molar-refractivity contribution in [3.05, 3.63) is 59.3 Å². The third-order valence-corrected chi connectivity index (χ3v) is 4.91. The molecule has 0 radical (unpaired) electrons. The maximum Gasteiger partial charge on any atom is 0.296 e. The van der Waals surface area contributed by atoms with E-state index in [0.29, 0.717) is 16.9 Å². The van der Waals surface area contributed by atoms with Crippen molar-refractivity contribution < 1.29 is 9.59 Å². The molecule has 2 N–H and O–H groups in total. The predicted octanol–water partition coefficient (Wildman–Crippen LogP) is 4.45. The molecule has 0 fully saturated rings. The molecular weight excluding hydrogens is 338 g/mol. The lowest BCUT2D eigenvalue weighted by Gasteiger charge is -2.22. The van der Waals surface area contributed by atoms with E-state index >= 15 is 0 Å². The van der Waals surface area contributed by atoms with Crippen molar-refractivity contribution in [1.82, 2.24) is 4.98 Å². The smallest absolute Gasteiger partial charge is 0.296 e. The number of hydrogen-bond acceptors (Lipinski definition) is 3. The number of ketones is 1. The molecule has 0 bridgehead atoms. The average Bonchev–Trinajstić information content (AvgIpc) is 2.99. The number of aromatic amines is 1. The van der Waals surface area contributed by atoms with Gasteiger partial charge in [-0.25, -0.2) is 0 Å². The summed E-state index contributed by atoms with van der Waals surface area (Å²) in [5.74, 6) is -1.15. The zero-order valence-electron chi connectivity index (χ0n) is 16.2. The highest BCUT2D eigenvalue weighted by atomic mass is 16.2. The van der Waals surface area contributed by atoms with Crippen LogP contribution in [-0.4, -0.2) is 29.8 Å². The van der Waals surface area contributed by atoms with Crippen LogP contribution in [0.2, 0.25) is 0 Å². The molecule has 0 saturated carbocycles. The Balaban J connectivity index is 1.84. The van der Waals surface area contributed by atoms with E-state index in [1.165, 1.54) is 0 Å². The second-order valence-electron chi connectivity index (χ2n) is 6.63. The summed E-state index contributed by atoms with van der Waals surface area (Å²) in [6.07, 6.45) is 0. The van der Waals surface area contributed by atoms with Crippen molar-refractivity contribution in [2.24, 2.45) is 0 Å². The molecule has 0 atom stereocenters. The number of hydrogen-bond donors (Lipinski definition) is 2. The Morgan fingerprint density at radius 2 is 1.74 bits per heavy atom. The topological polar surface area (TPSA) is 65.2 Å². The molecular formula is C22H25N3O2. The molecule has 27 heavy (non-hydrogen) atoms. The molecule has 0 aliphatic carbocycles. The number of fused-ring (bicyclic) bond motifs is 1. The Labute approximate surface area is 159 Å². The zero-order valence-corrected chi connectivity index (χ0v) is 16.2. The van der Waals surface area contributed by atoms with Gasteiger partial charge in [-0.05, 0) is 57.5 Å². The van der Waals surface area contributed by atoms with Crippen LogP contribution in [0.5, 0.6) is 0 Å². The number of Topliss-reactive ketones (excluding diaryl/α,β-unsaturated/α-hetero) is 1. The van der Waals surface area contributed by atoms with Gasteiger partial charge in [0.25, 0.3) is 11.7 Å². The van der Waals surface area contributed by atoms with Crippen LogP contribution in [0.1, 0.15) is 35.5 Å². The number of carbonyl (C=O) groups is 2. The number of nitrogens with one attached hydrogen (secondary N) is 2. The lowest BCUT2D eigenvalue weighted by Crippen LogP contribution is -2.24. The SMILES string of the molecule is CCN(CC)c1ccc(NC(=O)C(=O)c2c(C)[nH]c3ccccc23)c(C)c1. The minimum Gasteiger partial charge on any atom is -0.372 e. The van der Waals surface area contributed by atoms with Gasteiger partial charge in [0.05, 0.1) is 5.56 Å². The monoisotopic (exact) mass is 363 g/mol. The molecule has 3 aromatic rings. The fourth-order valence-electron chi connectivity index (χ4n) is 3.44. The van der Waals surface area contributed by atoms with E-state index in [9.17, 15) is 9.59 Å². The van der Waals surface area contributed by atoms with Crippen LogP contribution in [0.25, 0.3) is 10.9 Å². The second-order valence-corrected chi connectivity index (χ2v) is 6.63. The van der Waals surface area contributed by atoms with Gasteiger partial charge in [0, 0.05) is 41.1 Å². The summed E-state index contributed by atoms with van der Waals surface area (Å²) >= 11 is 0. The first-order chi connectivity index (χ1) is 13.0. The van der Waals surface area contributed by atoms with E-state index in [1.54, 1.807) is 0 Å². The van der Waals surface area contributed by atoms with Gasteiger partial charge in [-0.15, -0.1) is 0 Å². The van der Waals surface area contributed by atoms with Gasteiger partial charge in [-0.2, -0.15) is 0 Å². The lowest BCUT2D eigenvalue weighted by molar-refractivity contribution is -0.112. The Hall–Kier alpha value is -3.08. The van der Waals surface area contributed by atoms with Gasteiger partial charge in [-0.1, -0.05) is 18.2 Å². The third-order valence-electron chi connectivity index (χ3n) is 4.91. The minimum absolute atomic E-state index is 0.431. The molecule has 0 unspecified atom stereocenters. The molecule has 5 nitrogen and oxygen atoms in total. The molecule has 5 heteroatoms. The van der Waals surface area contributed by atoms with Crippen LogP contribution >= 0.6 is 0 Å². The number of benzene rings is 2. The number of carbonyl (C=O) groups excluding carboxylic acids is 2. The van der Waals surface area contributed by atoms with E-state index in [0.717, 1.165) is 35.2 Å². The predicted molar refractivity (Wildman–Crippen MR) is 111 cm³/mol. The summed E-state index contributed by atoms with van der Waals surface area (Å²) in [6.45, 7) is 9.79. The molecule has 0 aliphatic rings. The summed E-state index contributed by atoms with van der Waals surface area (Å²) in [7, 11) is 0. The van der Waals surface area contributed by atoms with Gasteiger partial charge in [0.1, 0.15) is 0 Å². The Bertz CT molecular complexity index is 1000. The number of H-pyrrole nitrogens is 1. The Morgan fingerprint density at radius 1 is 1.04 bits per heavy atom. The summed E-state index contributed by atoms with van der Waals surface area (Å²) < 4.78 is 0. The fraction of sp³-hybridized carbons (Fsp3) is 0.273. The van der Waals surface area contributed by atoms with E-state index in [2.05, 4.69) is 29.0 Å². The van der Waals surface area contributed by atoms with Gasteiger partial charge in [0.2, 0.25) is 0 Å². The third kappa shape index (κ3) is 3.58. The van der Waals surface area contributed by atoms with Gasteiger partial charge < -0.3 is 15.2 Å². The van der Waals surface area contributed by atoms with Crippen molar-refractivity contribution in [2.75, 3.05) is 23.3 Å². The maximum atomic E-state index is 12.8. The van der Waals surface area contributed by atoms with Crippen molar-refractivity contribution >= 4 is 34.0 Å². The number of amides is 1. The van der Waals surface area contributed by atoms with E-state index < -0.39 is 11.7 Å². The first-order valence-corrected chi connectivity index (χ1v) is 9.24. The van der Waals surface area contributed by atoms with Crippen LogP contribution in [0.15, 0.2) is 42.5 Å². The van der Waals surface area contributed by atoms with Gasteiger partial charge >= 0.3 is 0 Å². The minimum atomic E-state index is -0.624. The van der Waals surface area contributed by atoms with Crippen molar-refractivity contribution in [3.63, 3.8) is 0 Å². The highest BCUT2D eigenvalue weighted by Gasteiger charge is 2.23. The number of nitrogens with zero attached hydrogens (tertiary/aromatic N) is 1. The quantitative estimate of drug-likeness (QED) is 0.502. The van der Waals surface area contributed by atoms with Crippen LogP contribution in [-0.2, 0) is 4.79 Å². The maximum absolute atomic E-state index is 12.8. The van der Waals surface area contributed by atoms with Crippen LogP contribution in [0, 0.1) is 13.8 Å². The first-order valence-electron chi connectivity index (χ1n) is 9.24. The molecule has 0 spiro atoms. The standard InChI is InChI=1S/C22H25N3O2/c1-5-25(6-2)16-11-12-18(14(3)13-16)24-22(27)21(26)20-15(4)23-19-10-8-7-9-17(19)20/h7-13,23H,5-6H2,1-4H3,(H,24,27). The highest BCUT2D eigenvalue weighted by Crippen LogP contribution is 2.25. The molecule has 1 heterocycles. The highest BCUT2D eigenvalue weighted by molar-refractivity contribution is 6.48. The summed E-state index contributed by atoms with van der Waals surface area (Å²) in [5.41, 5.74) is 4.67. The summed E-state index contributed by atoms with van der Waals surface area (Å²) in [5, 5.41) is 3.54. The fourth-order valence-corrected chi connectivity index (χ4v) is 3.44. The van der Waals surface area contributed by atoms with Gasteiger partial charge in [0.15, 0.2) is 0 Å². The molecule has 1 aromatic heterocycles. The molecule has 0 saturated heterocycles. The number of anilines is 2. The summed E-state index contributed by atoms with van der Waals surface area (Å²) in [6, 6.07) is 13.4. The van der Waals surface area contributed by atoms with Gasteiger partial charge in [-0.3, -0.25) is 9.59 Å². The van der Waals surface area contributed by atoms with E-state index in [1.807, 2.05) is 56.3 Å². The van der Waals surface area contributed by atoms with Crippen LogP contribution < -0.4 is 10.2 Å². The van der Waals surface area contributed by atoms with E-state index in [-0.39, 0.29) is 0 Å². The zero-order chi connectivity index (χ0) is 19.6. The molecule has 2 aromatic carbocycles. The second kappa shape index (κ2) is 7.66. The van der Waals surface area contributed by atoms with Crippen molar-refractivity contribution in [3.8, 4) is 0 Å². The molecule has 1 amide bonds. The van der Waals surface area contributed by atoms with E-state index in [4.69, 9.17) is 0 Å². The molecule has 140 valence electrons. The normalized spacial score (nSPS) is 10.8. The summed E-state index contributed by atoms with van der Waals surface area (Å²) in [4.78, 5) is 30.8. The number of aromatic nitrogens is 1. The number of rotatable bonds is 6.